The lowest BCUT2D eigenvalue weighted by Gasteiger charge is -2.14. The zero-order valence-corrected chi connectivity index (χ0v) is 8.88. The van der Waals surface area contributed by atoms with Crippen molar-refractivity contribution in [3.8, 4) is 0 Å². The highest BCUT2D eigenvalue weighted by Crippen LogP contribution is 2.20. The molecule has 4 heteroatoms. The van der Waals surface area contributed by atoms with Gasteiger partial charge >= 0.3 is 0 Å². The smallest absolute Gasteiger partial charge is 0.0753 e. The Kier molecular flexibility index (Phi) is 2.46. The van der Waals surface area contributed by atoms with E-state index >= 15 is 0 Å². The van der Waals surface area contributed by atoms with Gasteiger partial charge < -0.3 is 10.1 Å². The third-order valence-electron chi connectivity index (χ3n) is 3.38. The van der Waals surface area contributed by atoms with Crippen LogP contribution >= 0.6 is 0 Å². The molecular weight excluding hydrogens is 190 g/mol. The fourth-order valence-electron chi connectivity index (χ4n) is 2.50. The predicted octanol–water partition coefficient (Wildman–Crippen LogP) is 0.777. The summed E-state index contributed by atoms with van der Waals surface area (Å²) in [6, 6.07) is 0.624. The van der Waals surface area contributed by atoms with Gasteiger partial charge in [0.1, 0.15) is 0 Å². The average Bonchev–Trinajstić information content (AvgIpc) is 2.89. The minimum Gasteiger partial charge on any atom is -0.376 e. The number of ether oxygens (including phenoxy) is 1. The molecule has 0 bridgehead atoms. The van der Waals surface area contributed by atoms with E-state index in [1.807, 2.05) is 0 Å². The Morgan fingerprint density at radius 2 is 2.47 bits per heavy atom. The Balaban J connectivity index is 1.76. The number of nitrogens with zero attached hydrogens (tertiary/aromatic N) is 1. The van der Waals surface area contributed by atoms with Crippen molar-refractivity contribution in [1.82, 2.24) is 15.5 Å². The van der Waals surface area contributed by atoms with Crippen molar-refractivity contribution >= 4 is 0 Å². The summed E-state index contributed by atoms with van der Waals surface area (Å²) >= 11 is 0. The van der Waals surface area contributed by atoms with Gasteiger partial charge in [-0.3, -0.25) is 5.10 Å². The van der Waals surface area contributed by atoms with Gasteiger partial charge in [-0.2, -0.15) is 5.10 Å². The van der Waals surface area contributed by atoms with Crippen molar-refractivity contribution in [1.29, 1.82) is 0 Å². The molecule has 2 N–H and O–H groups in total. The summed E-state index contributed by atoms with van der Waals surface area (Å²) in [7, 11) is 0. The standard InChI is InChI=1S/C11H17N3O/c1-2-8(12-4-1)6-11-9-7-15-5-3-10(9)13-14-11/h8,12H,1-7H2,(H,13,14). The van der Waals surface area contributed by atoms with Crippen LogP contribution in [0.3, 0.4) is 0 Å². The number of hydrogen-bond donors (Lipinski definition) is 2. The first-order valence-corrected chi connectivity index (χ1v) is 5.79. The van der Waals surface area contributed by atoms with Crippen molar-refractivity contribution in [2.75, 3.05) is 13.2 Å². The summed E-state index contributed by atoms with van der Waals surface area (Å²) in [6.45, 7) is 2.73. The Bertz CT molecular complexity index is 342. The lowest BCUT2D eigenvalue weighted by molar-refractivity contribution is 0.109. The number of aromatic amines is 1. The maximum atomic E-state index is 5.48. The van der Waals surface area contributed by atoms with Crippen LogP contribution in [0.25, 0.3) is 0 Å². The van der Waals surface area contributed by atoms with Crippen molar-refractivity contribution < 1.29 is 4.74 Å². The number of H-pyrrole nitrogens is 1. The van der Waals surface area contributed by atoms with Crippen LogP contribution < -0.4 is 5.32 Å². The molecule has 2 aliphatic rings. The second kappa shape index (κ2) is 3.94. The van der Waals surface area contributed by atoms with Gasteiger partial charge in [-0.05, 0) is 19.4 Å². The Morgan fingerprint density at radius 1 is 1.47 bits per heavy atom. The second-order valence-corrected chi connectivity index (χ2v) is 4.43. The quantitative estimate of drug-likeness (QED) is 0.753. The molecule has 82 valence electrons. The number of fused-ring (bicyclic) bond motifs is 1. The lowest BCUT2D eigenvalue weighted by Crippen LogP contribution is -2.24. The van der Waals surface area contributed by atoms with Gasteiger partial charge in [0.15, 0.2) is 0 Å². The summed E-state index contributed by atoms with van der Waals surface area (Å²) in [4.78, 5) is 0. The minimum absolute atomic E-state index is 0.624. The molecule has 0 saturated carbocycles. The molecule has 1 atom stereocenters. The van der Waals surface area contributed by atoms with Crippen LogP contribution in [-0.2, 0) is 24.2 Å². The van der Waals surface area contributed by atoms with Crippen LogP contribution in [0, 0.1) is 0 Å². The van der Waals surface area contributed by atoms with E-state index in [1.54, 1.807) is 0 Å². The van der Waals surface area contributed by atoms with Gasteiger partial charge in [0.05, 0.1) is 18.9 Å². The molecule has 15 heavy (non-hydrogen) atoms. The van der Waals surface area contributed by atoms with E-state index in [1.165, 1.54) is 29.8 Å². The Morgan fingerprint density at radius 3 is 3.33 bits per heavy atom. The monoisotopic (exact) mass is 207 g/mol. The number of rotatable bonds is 2. The van der Waals surface area contributed by atoms with Crippen LogP contribution in [-0.4, -0.2) is 29.4 Å². The first kappa shape index (κ1) is 9.36. The second-order valence-electron chi connectivity index (χ2n) is 4.43. The zero-order valence-electron chi connectivity index (χ0n) is 8.88. The van der Waals surface area contributed by atoms with E-state index in [2.05, 4.69) is 15.5 Å². The molecule has 0 amide bonds. The Hall–Kier alpha value is -0.870. The van der Waals surface area contributed by atoms with E-state index in [9.17, 15) is 0 Å². The van der Waals surface area contributed by atoms with Crippen molar-refractivity contribution in [2.45, 2.75) is 38.3 Å². The fraction of sp³-hybridized carbons (Fsp3) is 0.727. The van der Waals surface area contributed by atoms with E-state index in [0.29, 0.717) is 6.04 Å². The number of hydrogen-bond acceptors (Lipinski definition) is 3. The summed E-state index contributed by atoms with van der Waals surface area (Å²) in [6.07, 6.45) is 4.62. The molecule has 1 saturated heterocycles. The van der Waals surface area contributed by atoms with Crippen LogP contribution in [0.5, 0.6) is 0 Å². The number of nitrogens with one attached hydrogen (secondary N) is 2. The van der Waals surface area contributed by atoms with Gasteiger partial charge in [0.25, 0.3) is 0 Å². The first-order chi connectivity index (χ1) is 7.43. The van der Waals surface area contributed by atoms with Crippen molar-refractivity contribution in [3.63, 3.8) is 0 Å². The van der Waals surface area contributed by atoms with Gasteiger partial charge in [-0.25, -0.2) is 0 Å². The highest BCUT2D eigenvalue weighted by molar-refractivity contribution is 5.27. The van der Waals surface area contributed by atoms with Gasteiger partial charge in [0, 0.05) is 30.1 Å². The third kappa shape index (κ3) is 1.79. The molecule has 3 rings (SSSR count). The summed E-state index contributed by atoms with van der Waals surface area (Å²) in [5.74, 6) is 0. The van der Waals surface area contributed by atoms with Crippen LogP contribution in [0.4, 0.5) is 0 Å². The van der Waals surface area contributed by atoms with E-state index in [-0.39, 0.29) is 0 Å². The van der Waals surface area contributed by atoms with Crippen LogP contribution in [0.1, 0.15) is 29.8 Å². The van der Waals surface area contributed by atoms with Crippen LogP contribution in [0.2, 0.25) is 0 Å². The molecule has 0 aliphatic carbocycles. The number of aromatic nitrogens is 2. The molecule has 4 nitrogen and oxygen atoms in total. The van der Waals surface area contributed by atoms with Crippen molar-refractivity contribution in [2.24, 2.45) is 0 Å². The van der Waals surface area contributed by atoms with Crippen molar-refractivity contribution in [3.05, 3.63) is 17.0 Å². The molecule has 1 aromatic rings. The molecule has 1 fully saturated rings. The van der Waals surface area contributed by atoms with Crippen LogP contribution in [0.15, 0.2) is 0 Å². The summed E-state index contributed by atoms with van der Waals surface area (Å²) in [5, 5.41) is 11.1. The SMILES string of the molecule is C1CNC(Cc2n[nH]c3c2COCC3)C1. The molecule has 0 radical (unpaired) electrons. The fourth-order valence-corrected chi connectivity index (χ4v) is 2.50. The predicted molar refractivity (Wildman–Crippen MR) is 56.7 cm³/mol. The van der Waals surface area contributed by atoms with E-state index in [4.69, 9.17) is 4.74 Å². The third-order valence-corrected chi connectivity index (χ3v) is 3.38. The Labute approximate surface area is 89.4 Å². The molecule has 1 aromatic heterocycles. The largest absolute Gasteiger partial charge is 0.376 e. The average molecular weight is 207 g/mol. The summed E-state index contributed by atoms with van der Waals surface area (Å²) in [5.41, 5.74) is 3.81. The normalized spacial score (nSPS) is 25.5. The highest BCUT2D eigenvalue weighted by Gasteiger charge is 2.21. The molecule has 0 aromatic carbocycles. The molecule has 2 aliphatic heterocycles. The zero-order chi connectivity index (χ0) is 10.1. The highest BCUT2D eigenvalue weighted by atomic mass is 16.5. The lowest BCUT2D eigenvalue weighted by atomic mass is 10.0. The maximum Gasteiger partial charge on any atom is 0.0753 e. The van der Waals surface area contributed by atoms with Gasteiger partial charge in [-0.1, -0.05) is 0 Å². The molecule has 1 unspecified atom stereocenters. The van der Waals surface area contributed by atoms with E-state index < -0.39 is 0 Å². The minimum atomic E-state index is 0.624. The molecule has 0 spiro atoms. The topological polar surface area (TPSA) is 49.9 Å². The van der Waals surface area contributed by atoms with Gasteiger partial charge in [-0.15, -0.1) is 0 Å². The van der Waals surface area contributed by atoms with E-state index in [0.717, 1.165) is 32.6 Å². The van der Waals surface area contributed by atoms with Gasteiger partial charge in [0.2, 0.25) is 0 Å². The maximum absolute atomic E-state index is 5.48. The molecular formula is C11H17N3O. The first-order valence-electron chi connectivity index (χ1n) is 5.79. The molecule has 3 heterocycles. The summed E-state index contributed by atoms with van der Waals surface area (Å²) < 4.78 is 5.48.